The highest BCUT2D eigenvalue weighted by molar-refractivity contribution is 5.91. The minimum atomic E-state index is -0.236. The van der Waals surface area contributed by atoms with E-state index in [1.807, 2.05) is 12.1 Å². The van der Waals surface area contributed by atoms with E-state index < -0.39 is 0 Å². The lowest BCUT2D eigenvalue weighted by atomic mass is 9.88. The zero-order valence-corrected chi connectivity index (χ0v) is 14.0. The maximum atomic E-state index is 12.4. The van der Waals surface area contributed by atoms with Crippen LogP contribution in [0.2, 0.25) is 0 Å². The van der Waals surface area contributed by atoms with Gasteiger partial charge in [-0.3, -0.25) is 0 Å². The normalized spacial score (nSPS) is 16.0. The third kappa shape index (κ3) is 3.45. The number of amides is 2. The van der Waals surface area contributed by atoms with Gasteiger partial charge in [-0.15, -0.1) is 0 Å². The highest BCUT2D eigenvalue weighted by Crippen LogP contribution is 2.31. The van der Waals surface area contributed by atoms with E-state index >= 15 is 0 Å². The molecule has 0 saturated carbocycles. The van der Waals surface area contributed by atoms with E-state index in [0.717, 1.165) is 19.3 Å². The molecule has 0 radical (unpaired) electrons. The Morgan fingerprint density at radius 1 is 1.12 bits per heavy atom. The summed E-state index contributed by atoms with van der Waals surface area (Å²) in [6.45, 7) is 0. The van der Waals surface area contributed by atoms with Gasteiger partial charge in [0.2, 0.25) is 0 Å². The molecule has 1 aliphatic rings. The molecule has 0 unspecified atom stereocenters. The number of rotatable bonds is 4. The smallest absolute Gasteiger partial charge is 0.319 e. The van der Waals surface area contributed by atoms with Gasteiger partial charge in [-0.25, -0.2) is 4.79 Å². The number of anilines is 1. The van der Waals surface area contributed by atoms with Crippen molar-refractivity contribution >= 4 is 11.7 Å². The van der Waals surface area contributed by atoms with Crippen LogP contribution >= 0.6 is 0 Å². The first-order chi connectivity index (χ1) is 11.7. The second-order valence-corrected chi connectivity index (χ2v) is 5.81. The summed E-state index contributed by atoms with van der Waals surface area (Å²) in [6.07, 6.45) is 3.10. The topological polar surface area (TPSA) is 59.6 Å². The van der Waals surface area contributed by atoms with E-state index in [-0.39, 0.29) is 12.1 Å². The van der Waals surface area contributed by atoms with Gasteiger partial charge in [-0.2, -0.15) is 0 Å². The number of carbonyl (C=O) groups is 1. The van der Waals surface area contributed by atoms with Crippen LogP contribution in [0.15, 0.2) is 42.5 Å². The van der Waals surface area contributed by atoms with Gasteiger partial charge in [0.05, 0.1) is 25.9 Å². The van der Waals surface area contributed by atoms with Crippen LogP contribution in [0.1, 0.15) is 30.0 Å². The molecule has 24 heavy (non-hydrogen) atoms. The Balaban J connectivity index is 1.71. The maximum Gasteiger partial charge on any atom is 0.319 e. The second kappa shape index (κ2) is 7.25. The van der Waals surface area contributed by atoms with Crippen LogP contribution < -0.4 is 20.1 Å². The highest BCUT2D eigenvalue weighted by Gasteiger charge is 2.21. The lowest BCUT2D eigenvalue weighted by Crippen LogP contribution is -2.34. The van der Waals surface area contributed by atoms with Crippen LogP contribution in [0.25, 0.3) is 0 Å². The SMILES string of the molecule is COc1ccc(NC(=O)N[C@@H]2CCCc3ccccc32)c(OC)c1. The van der Waals surface area contributed by atoms with Crippen LogP contribution in [0.4, 0.5) is 10.5 Å². The van der Waals surface area contributed by atoms with Crippen molar-refractivity contribution in [1.29, 1.82) is 0 Å². The third-order valence-electron chi connectivity index (χ3n) is 4.33. The van der Waals surface area contributed by atoms with Crippen molar-refractivity contribution in [2.24, 2.45) is 0 Å². The van der Waals surface area contributed by atoms with Crippen molar-refractivity contribution in [2.45, 2.75) is 25.3 Å². The number of benzene rings is 2. The first kappa shape index (κ1) is 16.2. The first-order valence-corrected chi connectivity index (χ1v) is 8.08. The van der Waals surface area contributed by atoms with E-state index in [9.17, 15) is 4.79 Å². The predicted molar refractivity (Wildman–Crippen MR) is 93.8 cm³/mol. The standard InChI is InChI=1S/C19H22N2O3/c1-23-14-10-11-17(18(12-14)24-2)21-19(22)20-16-9-5-7-13-6-3-4-8-15(13)16/h3-4,6,8,10-12,16H,5,7,9H2,1-2H3,(H2,20,21,22)/t16-/m1/s1. The summed E-state index contributed by atoms with van der Waals surface area (Å²) in [6, 6.07) is 13.4. The van der Waals surface area contributed by atoms with Crippen molar-refractivity contribution in [3.63, 3.8) is 0 Å². The molecule has 5 nitrogen and oxygen atoms in total. The second-order valence-electron chi connectivity index (χ2n) is 5.81. The number of aryl methyl sites for hydroxylation is 1. The minimum absolute atomic E-state index is 0.0409. The quantitative estimate of drug-likeness (QED) is 0.896. The highest BCUT2D eigenvalue weighted by atomic mass is 16.5. The van der Waals surface area contributed by atoms with Crippen LogP contribution in [-0.2, 0) is 6.42 Å². The molecule has 5 heteroatoms. The molecule has 0 aliphatic heterocycles. The van der Waals surface area contributed by atoms with Gasteiger partial charge in [0.15, 0.2) is 0 Å². The summed E-state index contributed by atoms with van der Waals surface area (Å²) in [7, 11) is 3.16. The van der Waals surface area contributed by atoms with Gasteiger partial charge in [0, 0.05) is 6.07 Å². The summed E-state index contributed by atoms with van der Waals surface area (Å²) in [5.41, 5.74) is 3.14. The lowest BCUT2D eigenvalue weighted by molar-refractivity contribution is 0.247. The van der Waals surface area contributed by atoms with E-state index in [1.54, 1.807) is 32.4 Å². The molecule has 2 aromatic rings. The Labute approximate surface area is 142 Å². The van der Waals surface area contributed by atoms with Gasteiger partial charge in [-0.1, -0.05) is 24.3 Å². The summed E-state index contributed by atoms with van der Waals surface area (Å²) < 4.78 is 10.5. The molecule has 0 spiro atoms. The Morgan fingerprint density at radius 2 is 1.96 bits per heavy atom. The molecule has 126 valence electrons. The number of hydrogen-bond donors (Lipinski definition) is 2. The summed E-state index contributed by atoms with van der Waals surface area (Å²) in [4.78, 5) is 12.4. The van der Waals surface area contributed by atoms with Crippen molar-refractivity contribution < 1.29 is 14.3 Å². The van der Waals surface area contributed by atoms with Crippen LogP contribution in [-0.4, -0.2) is 20.3 Å². The Kier molecular flexibility index (Phi) is 4.89. The van der Waals surface area contributed by atoms with Gasteiger partial charge in [-0.05, 0) is 42.5 Å². The molecule has 0 heterocycles. The average Bonchev–Trinajstić information content (AvgIpc) is 2.62. The number of carbonyl (C=O) groups excluding carboxylic acids is 1. The van der Waals surface area contributed by atoms with E-state index in [4.69, 9.17) is 9.47 Å². The predicted octanol–water partition coefficient (Wildman–Crippen LogP) is 3.90. The van der Waals surface area contributed by atoms with Gasteiger partial charge in [0.25, 0.3) is 0 Å². The average molecular weight is 326 g/mol. The van der Waals surface area contributed by atoms with E-state index in [0.29, 0.717) is 17.2 Å². The molecule has 2 amide bonds. The molecule has 1 aliphatic carbocycles. The lowest BCUT2D eigenvalue weighted by Gasteiger charge is -2.26. The maximum absolute atomic E-state index is 12.4. The zero-order chi connectivity index (χ0) is 16.9. The van der Waals surface area contributed by atoms with Crippen molar-refractivity contribution in [2.75, 3.05) is 19.5 Å². The van der Waals surface area contributed by atoms with Gasteiger partial charge < -0.3 is 20.1 Å². The van der Waals surface area contributed by atoms with Crippen LogP contribution in [0, 0.1) is 0 Å². The molecule has 0 saturated heterocycles. The first-order valence-electron chi connectivity index (χ1n) is 8.08. The fourth-order valence-corrected chi connectivity index (χ4v) is 3.12. The van der Waals surface area contributed by atoms with Crippen molar-refractivity contribution in [3.05, 3.63) is 53.6 Å². The van der Waals surface area contributed by atoms with Crippen LogP contribution in [0.5, 0.6) is 11.5 Å². The van der Waals surface area contributed by atoms with Gasteiger partial charge in [0.1, 0.15) is 11.5 Å². The molecule has 2 aromatic carbocycles. The Hall–Kier alpha value is -2.69. The number of ether oxygens (including phenoxy) is 2. The summed E-state index contributed by atoms with van der Waals surface area (Å²) in [5.74, 6) is 1.24. The molecule has 2 N–H and O–H groups in total. The monoisotopic (exact) mass is 326 g/mol. The van der Waals surface area contributed by atoms with Crippen molar-refractivity contribution in [1.82, 2.24) is 5.32 Å². The van der Waals surface area contributed by atoms with Crippen LogP contribution in [0.3, 0.4) is 0 Å². The molecular formula is C19H22N2O3. The molecule has 1 atom stereocenters. The number of urea groups is 1. The number of hydrogen-bond acceptors (Lipinski definition) is 3. The fraction of sp³-hybridized carbons (Fsp3) is 0.316. The van der Waals surface area contributed by atoms with Gasteiger partial charge >= 0.3 is 6.03 Å². The largest absolute Gasteiger partial charge is 0.497 e. The number of nitrogens with one attached hydrogen (secondary N) is 2. The zero-order valence-electron chi connectivity index (χ0n) is 14.0. The Morgan fingerprint density at radius 3 is 2.75 bits per heavy atom. The summed E-state index contributed by atoms with van der Waals surface area (Å²) >= 11 is 0. The molecule has 0 fully saturated rings. The Bertz CT molecular complexity index is 730. The molecule has 3 rings (SSSR count). The fourth-order valence-electron chi connectivity index (χ4n) is 3.12. The number of fused-ring (bicyclic) bond motifs is 1. The molecule has 0 bridgehead atoms. The molecular weight excluding hydrogens is 304 g/mol. The van der Waals surface area contributed by atoms with E-state index in [1.165, 1.54) is 11.1 Å². The van der Waals surface area contributed by atoms with Crippen molar-refractivity contribution in [3.8, 4) is 11.5 Å². The molecule has 0 aromatic heterocycles. The number of methoxy groups -OCH3 is 2. The third-order valence-corrected chi connectivity index (χ3v) is 4.33. The minimum Gasteiger partial charge on any atom is -0.497 e. The van der Waals surface area contributed by atoms with E-state index in [2.05, 4.69) is 22.8 Å². The summed E-state index contributed by atoms with van der Waals surface area (Å²) in [5, 5.41) is 5.93.